The number of aromatic nitrogens is 2. The number of nitrogens with two attached hydrogens (primary N) is 1. The predicted molar refractivity (Wildman–Crippen MR) is 109 cm³/mol. The first-order chi connectivity index (χ1) is 14.3. The fraction of sp³-hybridized carbons (Fsp3) is 0.300. The number of hydrogen-bond acceptors (Lipinski definition) is 7. The van der Waals surface area contributed by atoms with Crippen LogP contribution < -0.4 is 15.8 Å². The van der Waals surface area contributed by atoms with Crippen LogP contribution in [0, 0.1) is 29.9 Å². The van der Waals surface area contributed by atoms with Crippen LogP contribution in [0.4, 0.5) is 14.5 Å². The van der Waals surface area contributed by atoms with Crippen molar-refractivity contribution in [2.75, 3.05) is 11.9 Å². The Hall–Kier alpha value is -3.19. The number of amidine groups is 1. The lowest BCUT2D eigenvalue weighted by molar-refractivity contribution is 0.102. The first-order valence-corrected chi connectivity index (χ1v) is 9.91. The Labute approximate surface area is 175 Å². The first kappa shape index (κ1) is 20.1. The van der Waals surface area contributed by atoms with Crippen LogP contribution in [0.25, 0.3) is 0 Å². The number of halogens is 2. The van der Waals surface area contributed by atoms with Crippen molar-refractivity contribution >= 4 is 28.5 Å². The molecule has 10 heteroatoms. The maximum absolute atomic E-state index is 14.7. The van der Waals surface area contributed by atoms with Gasteiger partial charge in [-0.25, -0.2) is 18.7 Å². The number of nitrogens with one attached hydrogen (secondary N) is 1. The standard InChI is InChI=1S/C20H17F2N5O2S/c1-3-4-29-16-9-24-14(8-25-16)18(28)26-10-5-12(17(22)13(21)6-10)20(2)11-7-15(11)30-19(23)27-20/h1,5-6,8-9,11,15H,4,7H2,2H3,(H2,23,27)(H,26,28)/t11-,15+,20+/m1/s1. The van der Waals surface area contributed by atoms with Gasteiger partial charge in [-0.1, -0.05) is 17.7 Å². The van der Waals surface area contributed by atoms with Gasteiger partial charge in [0.05, 0.1) is 17.9 Å². The number of aliphatic imine (C=N–C) groups is 1. The number of ether oxygens (including phenoxy) is 1. The van der Waals surface area contributed by atoms with Gasteiger partial charge in [0.15, 0.2) is 23.4 Å². The number of thioether (sulfide) groups is 1. The molecule has 3 N–H and O–H groups in total. The highest BCUT2D eigenvalue weighted by Gasteiger charge is 2.56. The van der Waals surface area contributed by atoms with Crippen molar-refractivity contribution in [3.63, 3.8) is 0 Å². The number of amides is 1. The topological polar surface area (TPSA) is 102 Å². The molecule has 1 fully saturated rings. The second-order valence-electron chi connectivity index (χ2n) is 7.10. The highest BCUT2D eigenvalue weighted by Crippen LogP contribution is 2.57. The molecule has 0 bridgehead atoms. The minimum atomic E-state index is -1.09. The zero-order chi connectivity index (χ0) is 21.5. The summed E-state index contributed by atoms with van der Waals surface area (Å²) < 4.78 is 34.1. The van der Waals surface area contributed by atoms with Crippen molar-refractivity contribution < 1.29 is 18.3 Å². The van der Waals surface area contributed by atoms with Crippen molar-refractivity contribution in [2.24, 2.45) is 16.6 Å². The molecule has 0 spiro atoms. The number of rotatable bonds is 5. The molecular weight excluding hydrogens is 412 g/mol. The van der Waals surface area contributed by atoms with Gasteiger partial charge in [0, 0.05) is 28.5 Å². The molecule has 30 heavy (non-hydrogen) atoms. The molecule has 2 heterocycles. The summed E-state index contributed by atoms with van der Waals surface area (Å²) in [6.45, 7) is 1.75. The fourth-order valence-electron chi connectivity index (χ4n) is 3.49. The summed E-state index contributed by atoms with van der Waals surface area (Å²) >= 11 is 1.45. The Balaban J connectivity index is 1.59. The normalized spacial score (nSPS) is 24.3. The third-order valence-electron chi connectivity index (χ3n) is 5.06. The minimum Gasteiger partial charge on any atom is -0.463 e. The molecule has 1 amide bonds. The van der Waals surface area contributed by atoms with Crippen LogP contribution in [-0.2, 0) is 5.54 Å². The van der Waals surface area contributed by atoms with E-state index in [2.05, 4.69) is 26.2 Å². The highest BCUT2D eigenvalue weighted by molar-refractivity contribution is 8.14. The molecular formula is C20H17F2N5O2S. The largest absolute Gasteiger partial charge is 0.463 e. The first-order valence-electron chi connectivity index (χ1n) is 9.03. The number of fused-ring (bicyclic) bond motifs is 1. The molecule has 1 aliphatic carbocycles. The SMILES string of the molecule is C#CCOc1cnc(C(=O)Nc2cc(F)c(F)c([C@@]3(C)N=C(N)S[C@H]4C[C@H]43)c2)cn1. The zero-order valence-corrected chi connectivity index (χ0v) is 16.7. The van der Waals surface area contributed by atoms with Crippen LogP contribution in [0.15, 0.2) is 29.5 Å². The lowest BCUT2D eigenvalue weighted by Gasteiger charge is -2.30. The quantitative estimate of drug-likeness (QED) is 0.709. The maximum atomic E-state index is 14.7. The molecule has 3 atom stereocenters. The van der Waals surface area contributed by atoms with Crippen LogP contribution in [-0.4, -0.2) is 32.9 Å². The van der Waals surface area contributed by atoms with Crippen LogP contribution in [0.5, 0.6) is 5.88 Å². The maximum Gasteiger partial charge on any atom is 0.275 e. The van der Waals surface area contributed by atoms with Gasteiger partial charge in [0.2, 0.25) is 5.88 Å². The molecule has 0 unspecified atom stereocenters. The smallest absolute Gasteiger partial charge is 0.275 e. The van der Waals surface area contributed by atoms with E-state index in [0.717, 1.165) is 12.5 Å². The van der Waals surface area contributed by atoms with E-state index in [1.165, 1.54) is 30.2 Å². The van der Waals surface area contributed by atoms with Crippen LogP contribution in [0.2, 0.25) is 0 Å². The van der Waals surface area contributed by atoms with Crippen LogP contribution >= 0.6 is 11.8 Å². The average molecular weight is 429 g/mol. The number of anilines is 1. The number of hydrogen-bond donors (Lipinski definition) is 2. The van der Waals surface area contributed by atoms with Crippen LogP contribution in [0.1, 0.15) is 29.4 Å². The number of benzene rings is 1. The van der Waals surface area contributed by atoms with Crippen molar-refractivity contribution in [1.29, 1.82) is 0 Å². The summed E-state index contributed by atoms with van der Waals surface area (Å²) in [5, 5.41) is 3.09. The van der Waals surface area contributed by atoms with Gasteiger partial charge in [-0.3, -0.25) is 9.79 Å². The lowest BCUT2D eigenvalue weighted by Crippen LogP contribution is -2.32. The summed E-state index contributed by atoms with van der Waals surface area (Å²) in [7, 11) is 0. The third-order valence-corrected chi connectivity index (χ3v) is 6.22. The summed E-state index contributed by atoms with van der Waals surface area (Å²) in [5.74, 6) is -0.223. The van der Waals surface area contributed by atoms with E-state index in [9.17, 15) is 13.6 Å². The van der Waals surface area contributed by atoms with Gasteiger partial charge >= 0.3 is 0 Å². The van der Waals surface area contributed by atoms with E-state index >= 15 is 0 Å². The Morgan fingerprint density at radius 3 is 2.93 bits per heavy atom. The van der Waals surface area contributed by atoms with E-state index in [1.807, 2.05) is 0 Å². The van der Waals surface area contributed by atoms with Crippen molar-refractivity contribution in [1.82, 2.24) is 9.97 Å². The summed E-state index contributed by atoms with van der Waals surface area (Å²) in [6, 6.07) is 2.29. The molecule has 7 nitrogen and oxygen atoms in total. The lowest BCUT2D eigenvalue weighted by atomic mass is 9.86. The molecule has 4 rings (SSSR count). The Morgan fingerprint density at radius 1 is 1.43 bits per heavy atom. The van der Waals surface area contributed by atoms with Crippen LogP contribution in [0.3, 0.4) is 0 Å². The number of terminal acetylenes is 1. The van der Waals surface area contributed by atoms with Crippen molar-refractivity contribution in [2.45, 2.75) is 24.1 Å². The van der Waals surface area contributed by atoms with Crippen molar-refractivity contribution in [3.05, 3.63) is 47.4 Å². The molecule has 0 saturated heterocycles. The molecule has 1 saturated carbocycles. The summed E-state index contributed by atoms with van der Waals surface area (Å²) in [6.07, 6.45) is 8.35. The van der Waals surface area contributed by atoms with Gasteiger partial charge in [-0.05, 0) is 19.4 Å². The zero-order valence-electron chi connectivity index (χ0n) is 15.9. The molecule has 2 aromatic rings. The van der Waals surface area contributed by atoms with E-state index in [4.69, 9.17) is 16.9 Å². The average Bonchev–Trinajstić information content (AvgIpc) is 3.49. The predicted octanol–water partition coefficient (Wildman–Crippen LogP) is 2.68. The Kier molecular flexibility index (Phi) is 5.07. The summed E-state index contributed by atoms with van der Waals surface area (Å²) in [5.41, 5.74) is 4.98. The number of carbonyl (C=O) groups excluding carboxylic acids is 1. The Morgan fingerprint density at radius 2 is 2.23 bits per heavy atom. The van der Waals surface area contributed by atoms with Gasteiger partial charge in [-0.2, -0.15) is 0 Å². The highest BCUT2D eigenvalue weighted by atomic mass is 32.2. The van der Waals surface area contributed by atoms with Crippen molar-refractivity contribution in [3.8, 4) is 18.2 Å². The van der Waals surface area contributed by atoms with Gasteiger partial charge in [0.25, 0.3) is 5.91 Å². The molecule has 1 aliphatic heterocycles. The third kappa shape index (κ3) is 3.68. The van der Waals surface area contributed by atoms with Gasteiger partial charge in [-0.15, -0.1) is 6.42 Å². The number of nitrogens with zero attached hydrogens (tertiary/aromatic N) is 3. The summed E-state index contributed by atoms with van der Waals surface area (Å²) in [4.78, 5) is 24.8. The molecule has 1 aromatic heterocycles. The molecule has 2 aliphatic rings. The van der Waals surface area contributed by atoms with E-state index < -0.39 is 23.1 Å². The van der Waals surface area contributed by atoms with Gasteiger partial charge in [0.1, 0.15) is 5.69 Å². The second-order valence-corrected chi connectivity index (χ2v) is 8.36. The molecule has 0 radical (unpaired) electrons. The second kappa shape index (κ2) is 7.57. The van der Waals surface area contributed by atoms with E-state index in [-0.39, 0.29) is 40.6 Å². The minimum absolute atomic E-state index is 0.0178. The monoisotopic (exact) mass is 429 g/mol. The molecule has 1 aromatic carbocycles. The van der Waals surface area contributed by atoms with E-state index in [0.29, 0.717) is 5.17 Å². The number of carbonyl (C=O) groups is 1. The van der Waals surface area contributed by atoms with Gasteiger partial charge < -0.3 is 15.8 Å². The fourth-order valence-corrected chi connectivity index (χ4v) is 4.78. The van der Waals surface area contributed by atoms with E-state index in [1.54, 1.807) is 6.92 Å². The molecule has 154 valence electrons. The Bertz CT molecular complexity index is 1090.